The van der Waals surface area contributed by atoms with Gasteiger partial charge in [0.15, 0.2) is 0 Å². The summed E-state index contributed by atoms with van der Waals surface area (Å²) in [6.07, 6.45) is 2.91. The lowest BCUT2D eigenvalue weighted by atomic mass is 9.97. The average Bonchev–Trinajstić information content (AvgIpc) is 3.09. The lowest BCUT2D eigenvalue weighted by Gasteiger charge is -2.18. The van der Waals surface area contributed by atoms with E-state index in [0.29, 0.717) is 17.6 Å². The van der Waals surface area contributed by atoms with Crippen molar-refractivity contribution in [2.24, 2.45) is 0 Å². The van der Waals surface area contributed by atoms with Gasteiger partial charge < -0.3 is 10.4 Å². The molecule has 1 aliphatic carbocycles. The molecule has 3 atom stereocenters. The van der Waals surface area contributed by atoms with Crippen LogP contribution < -0.4 is 5.32 Å². The number of hydrogen-bond acceptors (Lipinski definition) is 4. The SMILES string of the molecule is Cc1ccc(O)c2c1C(C)CC2NCC(C)c1nccs1. The summed E-state index contributed by atoms with van der Waals surface area (Å²) in [5.41, 5.74) is 3.72. The molecule has 1 aliphatic rings. The van der Waals surface area contributed by atoms with Gasteiger partial charge in [0.25, 0.3) is 0 Å². The van der Waals surface area contributed by atoms with Gasteiger partial charge in [-0.05, 0) is 36.5 Å². The number of nitrogens with one attached hydrogen (secondary N) is 1. The molecule has 0 saturated carbocycles. The van der Waals surface area contributed by atoms with Gasteiger partial charge >= 0.3 is 0 Å². The second kappa shape index (κ2) is 5.78. The van der Waals surface area contributed by atoms with Crippen LogP contribution in [0.4, 0.5) is 0 Å². The summed E-state index contributed by atoms with van der Waals surface area (Å²) < 4.78 is 0. The molecule has 1 aromatic carbocycles. The van der Waals surface area contributed by atoms with E-state index in [1.165, 1.54) is 16.1 Å². The Morgan fingerprint density at radius 1 is 1.43 bits per heavy atom. The van der Waals surface area contributed by atoms with Gasteiger partial charge in [-0.2, -0.15) is 0 Å². The number of phenols is 1. The Hall–Kier alpha value is -1.39. The maximum atomic E-state index is 10.2. The minimum absolute atomic E-state index is 0.248. The number of fused-ring (bicyclic) bond motifs is 1. The second-order valence-corrected chi connectivity index (χ2v) is 7.02. The summed E-state index contributed by atoms with van der Waals surface area (Å²) in [6, 6.07) is 4.09. The lowest BCUT2D eigenvalue weighted by Crippen LogP contribution is -2.24. The van der Waals surface area contributed by atoms with Gasteiger partial charge in [0.2, 0.25) is 0 Å². The molecule has 3 unspecified atom stereocenters. The van der Waals surface area contributed by atoms with E-state index >= 15 is 0 Å². The smallest absolute Gasteiger partial charge is 0.120 e. The Kier molecular flexibility index (Phi) is 4.00. The minimum atomic E-state index is 0.248. The van der Waals surface area contributed by atoms with Crippen LogP contribution in [0.15, 0.2) is 23.7 Å². The highest BCUT2D eigenvalue weighted by Crippen LogP contribution is 2.45. The van der Waals surface area contributed by atoms with Crippen LogP contribution in [0.1, 0.15) is 59.8 Å². The van der Waals surface area contributed by atoms with Crippen LogP contribution in [0.5, 0.6) is 5.75 Å². The van der Waals surface area contributed by atoms with E-state index in [1.54, 1.807) is 11.3 Å². The maximum Gasteiger partial charge on any atom is 0.120 e. The van der Waals surface area contributed by atoms with Gasteiger partial charge in [-0.15, -0.1) is 11.3 Å². The molecule has 21 heavy (non-hydrogen) atoms. The molecule has 0 saturated heterocycles. The Morgan fingerprint density at radius 3 is 2.95 bits per heavy atom. The van der Waals surface area contributed by atoms with Crippen molar-refractivity contribution in [2.45, 2.75) is 45.1 Å². The van der Waals surface area contributed by atoms with Crippen molar-refractivity contribution >= 4 is 11.3 Å². The summed E-state index contributed by atoms with van der Waals surface area (Å²) in [7, 11) is 0. The molecular formula is C17H22N2OS. The average molecular weight is 302 g/mol. The number of thiazole rings is 1. The zero-order valence-electron chi connectivity index (χ0n) is 12.8. The first-order valence-corrected chi connectivity index (χ1v) is 8.41. The molecule has 0 fully saturated rings. The molecule has 3 rings (SSSR count). The zero-order chi connectivity index (χ0) is 15.0. The van der Waals surface area contributed by atoms with Crippen LogP contribution >= 0.6 is 11.3 Å². The van der Waals surface area contributed by atoms with E-state index in [-0.39, 0.29) is 6.04 Å². The van der Waals surface area contributed by atoms with E-state index in [2.05, 4.69) is 31.1 Å². The van der Waals surface area contributed by atoms with Gasteiger partial charge in [-0.25, -0.2) is 4.98 Å². The minimum Gasteiger partial charge on any atom is -0.508 e. The quantitative estimate of drug-likeness (QED) is 0.894. The summed E-state index contributed by atoms with van der Waals surface area (Å²) in [6.45, 7) is 7.46. The van der Waals surface area contributed by atoms with Crippen molar-refractivity contribution in [3.05, 3.63) is 45.4 Å². The fourth-order valence-corrected chi connectivity index (χ4v) is 4.11. The molecule has 112 valence electrons. The predicted molar refractivity (Wildman–Crippen MR) is 87.1 cm³/mol. The fraction of sp³-hybridized carbons (Fsp3) is 0.471. The zero-order valence-corrected chi connectivity index (χ0v) is 13.6. The van der Waals surface area contributed by atoms with Crippen LogP contribution in [0.25, 0.3) is 0 Å². The van der Waals surface area contributed by atoms with Crippen LogP contribution in [-0.2, 0) is 0 Å². The number of hydrogen-bond donors (Lipinski definition) is 2. The molecule has 0 aliphatic heterocycles. The molecule has 1 heterocycles. The molecule has 1 aromatic heterocycles. The van der Waals surface area contributed by atoms with Gasteiger partial charge in [0, 0.05) is 35.6 Å². The van der Waals surface area contributed by atoms with Crippen LogP contribution in [-0.4, -0.2) is 16.6 Å². The normalized spacial score (nSPS) is 22.2. The third kappa shape index (κ3) is 2.70. The van der Waals surface area contributed by atoms with Gasteiger partial charge in [0.05, 0.1) is 5.01 Å². The van der Waals surface area contributed by atoms with Crippen molar-refractivity contribution in [1.29, 1.82) is 0 Å². The Morgan fingerprint density at radius 2 is 2.24 bits per heavy atom. The lowest BCUT2D eigenvalue weighted by molar-refractivity contribution is 0.440. The molecule has 0 bridgehead atoms. The Labute approximate surface area is 130 Å². The first-order valence-electron chi connectivity index (χ1n) is 7.53. The molecule has 4 heteroatoms. The van der Waals surface area contributed by atoms with Gasteiger partial charge in [-0.3, -0.25) is 0 Å². The highest BCUT2D eigenvalue weighted by molar-refractivity contribution is 7.09. The number of aromatic hydroxyl groups is 1. The fourth-order valence-electron chi connectivity index (χ4n) is 3.41. The summed E-state index contributed by atoms with van der Waals surface area (Å²) in [5, 5.41) is 17.1. The van der Waals surface area contributed by atoms with Gasteiger partial charge in [0.1, 0.15) is 5.75 Å². The van der Waals surface area contributed by atoms with Crippen LogP contribution in [0.3, 0.4) is 0 Å². The number of phenolic OH excluding ortho intramolecular Hbond substituents is 1. The van der Waals surface area contributed by atoms with E-state index in [4.69, 9.17) is 0 Å². The number of benzene rings is 1. The van der Waals surface area contributed by atoms with Crippen molar-refractivity contribution in [1.82, 2.24) is 10.3 Å². The third-order valence-electron chi connectivity index (χ3n) is 4.46. The number of aryl methyl sites for hydroxylation is 1. The second-order valence-electron chi connectivity index (χ2n) is 6.10. The van der Waals surface area contributed by atoms with Crippen molar-refractivity contribution in [3.8, 4) is 5.75 Å². The Balaban J connectivity index is 1.76. The first-order chi connectivity index (χ1) is 10.1. The maximum absolute atomic E-state index is 10.2. The van der Waals surface area contributed by atoms with Crippen LogP contribution in [0.2, 0.25) is 0 Å². The molecule has 2 N–H and O–H groups in total. The highest BCUT2D eigenvalue weighted by Gasteiger charge is 2.32. The summed E-state index contributed by atoms with van der Waals surface area (Å²) >= 11 is 1.70. The van der Waals surface area contributed by atoms with E-state index in [9.17, 15) is 5.11 Å². The topological polar surface area (TPSA) is 45.1 Å². The van der Waals surface area contributed by atoms with E-state index in [0.717, 1.165) is 18.5 Å². The van der Waals surface area contributed by atoms with E-state index in [1.807, 2.05) is 23.7 Å². The standard InChI is InChI=1S/C17H22N2OS/c1-10-4-5-14(20)16-13(8-11(2)15(10)16)19-9-12(3)17-18-6-7-21-17/h4-7,11-13,19-20H,8-9H2,1-3H3. The summed E-state index contributed by atoms with van der Waals surface area (Å²) in [4.78, 5) is 4.38. The Bertz CT molecular complexity index is 624. The first kappa shape index (κ1) is 14.5. The van der Waals surface area contributed by atoms with Gasteiger partial charge in [-0.1, -0.05) is 19.9 Å². The van der Waals surface area contributed by atoms with E-state index < -0.39 is 0 Å². The number of rotatable bonds is 4. The van der Waals surface area contributed by atoms with Crippen molar-refractivity contribution in [2.75, 3.05) is 6.54 Å². The molecule has 3 nitrogen and oxygen atoms in total. The predicted octanol–water partition coefficient (Wildman–Crippen LogP) is 4.10. The van der Waals surface area contributed by atoms with Crippen molar-refractivity contribution in [3.63, 3.8) is 0 Å². The largest absolute Gasteiger partial charge is 0.508 e. The molecular weight excluding hydrogens is 280 g/mol. The highest BCUT2D eigenvalue weighted by atomic mass is 32.1. The molecule has 2 aromatic rings. The monoisotopic (exact) mass is 302 g/mol. The summed E-state index contributed by atoms with van der Waals surface area (Å²) in [5.74, 6) is 1.33. The third-order valence-corrected chi connectivity index (χ3v) is 5.46. The molecule has 0 radical (unpaired) electrons. The molecule has 0 spiro atoms. The molecule has 0 amide bonds. The number of aromatic nitrogens is 1. The van der Waals surface area contributed by atoms with Crippen molar-refractivity contribution < 1.29 is 5.11 Å². The van der Waals surface area contributed by atoms with Crippen LogP contribution in [0, 0.1) is 6.92 Å². The number of nitrogens with zero attached hydrogens (tertiary/aromatic N) is 1.